The van der Waals surface area contributed by atoms with Gasteiger partial charge in [-0.3, -0.25) is 13.9 Å². The Morgan fingerprint density at radius 2 is 1.24 bits per heavy atom. The molecule has 8 heteroatoms. The molecule has 38 heavy (non-hydrogen) atoms. The van der Waals surface area contributed by atoms with Gasteiger partial charge in [-0.2, -0.15) is 0 Å². The van der Waals surface area contributed by atoms with Gasteiger partial charge in [-0.15, -0.1) is 0 Å². The van der Waals surface area contributed by atoms with E-state index in [-0.39, 0.29) is 23.4 Å². The van der Waals surface area contributed by atoms with Crippen LogP contribution < -0.4 is 9.62 Å². The number of amides is 2. The Balaban J connectivity index is 2.02. The van der Waals surface area contributed by atoms with Gasteiger partial charge in [0.15, 0.2) is 0 Å². The lowest BCUT2D eigenvalue weighted by atomic mass is 10.1. The predicted octanol–water partition coefficient (Wildman–Crippen LogP) is 4.75. The van der Waals surface area contributed by atoms with Gasteiger partial charge >= 0.3 is 0 Å². The quantitative estimate of drug-likeness (QED) is 0.406. The molecular formula is C30H37N3O4S. The van der Waals surface area contributed by atoms with E-state index in [1.54, 1.807) is 55.5 Å². The van der Waals surface area contributed by atoms with Crippen molar-refractivity contribution in [1.29, 1.82) is 0 Å². The number of hydrogen-bond acceptors (Lipinski definition) is 4. The maximum absolute atomic E-state index is 13.9. The fourth-order valence-electron chi connectivity index (χ4n) is 3.96. The third-order valence-corrected chi connectivity index (χ3v) is 8.07. The van der Waals surface area contributed by atoms with Crippen molar-refractivity contribution in [2.75, 3.05) is 10.8 Å². The van der Waals surface area contributed by atoms with Gasteiger partial charge in [-0.1, -0.05) is 65.2 Å². The molecule has 0 fully saturated rings. The van der Waals surface area contributed by atoms with Gasteiger partial charge < -0.3 is 10.2 Å². The maximum Gasteiger partial charge on any atom is 0.264 e. The number of sulfonamides is 1. The highest BCUT2D eigenvalue weighted by atomic mass is 32.2. The van der Waals surface area contributed by atoms with Gasteiger partial charge in [0.05, 0.1) is 10.6 Å². The summed E-state index contributed by atoms with van der Waals surface area (Å²) in [7, 11) is -4.07. The molecule has 0 saturated carbocycles. The van der Waals surface area contributed by atoms with E-state index < -0.39 is 28.5 Å². The monoisotopic (exact) mass is 535 g/mol. The van der Waals surface area contributed by atoms with E-state index in [9.17, 15) is 18.0 Å². The molecule has 7 nitrogen and oxygen atoms in total. The summed E-state index contributed by atoms with van der Waals surface area (Å²) < 4.78 is 28.7. The normalized spacial score (nSPS) is 12.2. The van der Waals surface area contributed by atoms with Crippen molar-refractivity contribution < 1.29 is 18.0 Å². The van der Waals surface area contributed by atoms with Crippen LogP contribution in [0.3, 0.4) is 0 Å². The topological polar surface area (TPSA) is 86.8 Å². The van der Waals surface area contributed by atoms with Crippen LogP contribution in [0.4, 0.5) is 5.69 Å². The molecule has 1 N–H and O–H groups in total. The van der Waals surface area contributed by atoms with E-state index in [2.05, 4.69) is 5.32 Å². The molecule has 0 aliphatic rings. The SMILES string of the molecule is Cc1ccc(CN(C(=O)CN(c2ccc(C)cc2)S(=O)(=O)c2ccc(C)cc2)C(C)C(=O)NC(C)C)cc1. The van der Waals surface area contributed by atoms with Gasteiger partial charge in [0.1, 0.15) is 12.6 Å². The van der Waals surface area contributed by atoms with Crippen LogP contribution in [0.5, 0.6) is 0 Å². The average Bonchev–Trinajstić information content (AvgIpc) is 2.87. The summed E-state index contributed by atoms with van der Waals surface area (Å²) in [6.07, 6.45) is 0. The highest BCUT2D eigenvalue weighted by molar-refractivity contribution is 7.92. The first-order chi connectivity index (χ1) is 17.9. The molecule has 3 rings (SSSR count). The van der Waals surface area contributed by atoms with Crippen molar-refractivity contribution in [1.82, 2.24) is 10.2 Å². The second-order valence-corrected chi connectivity index (χ2v) is 11.9. The van der Waals surface area contributed by atoms with E-state index in [1.807, 2.05) is 58.9 Å². The minimum atomic E-state index is -4.07. The molecule has 0 bridgehead atoms. The van der Waals surface area contributed by atoms with Crippen LogP contribution in [-0.4, -0.2) is 43.8 Å². The summed E-state index contributed by atoms with van der Waals surface area (Å²) in [6.45, 7) is 10.8. The Kier molecular flexibility index (Phi) is 9.33. The molecule has 0 aromatic heterocycles. The van der Waals surface area contributed by atoms with Gasteiger partial charge in [0.25, 0.3) is 10.0 Å². The van der Waals surface area contributed by atoms with E-state index in [4.69, 9.17) is 0 Å². The van der Waals surface area contributed by atoms with Crippen molar-refractivity contribution in [3.05, 3.63) is 95.1 Å². The highest BCUT2D eigenvalue weighted by Gasteiger charge is 2.32. The molecule has 1 atom stereocenters. The van der Waals surface area contributed by atoms with E-state index in [0.717, 1.165) is 26.6 Å². The Labute approximate surface area is 226 Å². The maximum atomic E-state index is 13.9. The van der Waals surface area contributed by atoms with Crippen LogP contribution in [0, 0.1) is 20.8 Å². The lowest BCUT2D eigenvalue weighted by Gasteiger charge is -2.32. The lowest BCUT2D eigenvalue weighted by Crippen LogP contribution is -2.52. The zero-order valence-electron chi connectivity index (χ0n) is 22.9. The average molecular weight is 536 g/mol. The zero-order chi connectivity index (χ0) is 28.0. The van der Waals surface area contributed by atoms with Crippen LogP contribution >= 0.6 is 0 Å². The van der Waals surface area contributed by atoms with E-state index in [1.165, 1.54) is 4.90 Å². The first kappa shape index (κ1) is 28.9. The molecule has 0 saturated heterocycles. The number of nitrogens with one attached hydrogen (secondary N) is 1. The largest absolute Gasteiger partial charge is 0.352 e. The van der Waals surface area contributed by atoms with Crippen molar-refractivity contribution in [2.45, 2.75) is 65.1 Å². The van der Waals surface area contributed by atoms with Crippen LogP contribution in [0.25, 0.3) is 0 Å². The van der Waals surface area contributed by atoms with Gasteiger partial charge in [0, 0.05) is 12.6 Å². The first-order valence-corrected chi connectivity index (χ1v) is 14.1. The molecule has 3 aromatic rings. The van der Waals surface area contributed by atoms with Crippen molar-refractivity contribution >= 4 is 27.5 Å². The molecule has 2 amide bonds. The summed E-state index contributed by atoms with van der Waals surface area (Å²) in [6, 6.07) is 20.3. The first-order valence-electron chi connectivity index (χ1n) is 12.7. The molecule has 0 radical (unpaired) electrons. The molecule has 202 valence electrons. The number of rotatable bonds is 10. The number of carbonyl (C=O) groups is 2. The molecule has 3 aromatic carbocycles. The van der Waals surface area contributed by atoms with Crippen LogP contribution in [0.1, 0.15) is 43.0 Å². The number of anilines is 1. The minimum Gasteiger partial charge on any atom is -0.352 e. The van der Waals surface area contributed by atoms with E-state index >= 15 is 0 Å². The summed E-state index contributed by atoms with van der Waals surface area (Å²) in [4.78, 5) is 28.3. The van der Waals surface area contributed by atoms with Crippen LogP contribution in [-0.2, 0) is 26.2 Å². The van der Waals surface area contributed by atoms with Crippen LogP contribution in [0.2, 0.25) is 0 Å². The molecule has 0 aliphatic carbocycles. The number of carbonyl (C=O) groups excluding carboxylic acids is 2. The van der Waals surface area contributed by atoms with Crippen LogP contribution in [0.15, 0.2) is 77.7 Å². The van der Waals surface area contributed by atoms with Crippen molar-refractivity contribution in [3.63, 3.8) is 0 Å². The van der Waals surface area contributed by atoms with Gasteiger partial charge in [-0.25, -0.2) is 8.42 Å². The Hall–Kier alpha value is -3.65. The number of aryl methyl sites for hydroxylation is 3. The summed E-state index contributed by atoms with van der Waals surface area (Å²) >= 11 is 0. The summed E-state index contributed by atoms with van der Waals surface area (Å²) in [5, 5.41) is 2.86. The number of nitrogens with zero attached hydrogens (tertiary/aromatic N) is 2. The molecule has 0 heterocycles. The Morgan fingerprint density at radius 3 is 1.74 bits per heavy atom. The molecule has 1 unspecified atom stereocenters. The lowest BCUT2D eigenvalue weighted by molar-refractivity contribution is -0.139. The summed E-state index contributed by atoms with van der Waals surface area (Å²) in [5.41, 5.74) is 4.19. The predicted molar refractivity (Wildman–Crippen MR) is 151 cm³/mol. The number of benzene rings is 3. The number of hydrogen-bond donors (Lipinski definition) is 1. The summed E-state index contributed by atoms with van der Waals surface area (Å²) in [5.74, 6) is -0.781. The molecule has 0 spiro atoms. The second kappa shape index (κ2) is 12.3. The Morgan fingerprint density at radius 1 is 0.763 bits per heavy atom. The Bertz CT molecular complexity index is 1350. The van der Waals surface area contributed by atoms with Gasteiger partial charge in [0.2, 0.25) is 11.8 Å². The fourth-order valence-corrected chi connectivity index (χ4v) is 5.37. The molecular weight excluding hydrogens is 498 g/mol. The zero-order valence-corrected chi connectivity index (χ0v) is 23.7. The van der Waals surface area contributed by atoms with E-state index in [0.29, 0.717) is 5.69 Å². The van der Waals surface area contributed by atoms with Gasteiger partial charge in [-0.05, 0) is 71.4 Å². The fraction of sp³-hybridized carbons (Fsp3) is 0.333. The standard InChI is InChI=1S/C30H37N3O4S/c1-21(2)31-30(35)25(6)32(19-26-13-7-22(3)8-14-26)29(34)20-33(27-15-9-23(4)10-16-27)38(36,37)28-17-11-24(5)12-18-28/h7-18,21,25H,19-20H2,1-6H3,(H,31,35). The smallest absolute Gasteiger partial charge is 0.264 e. The third-order valence-electron chi connectivity index (χ3n) is 6.28. The molecule has 0 aliphatic heterocycles. The minimum absolute atomic E-state index is 0.0900. The van der Waals surface area contributed by atoms with Crippen molar-refractivity contribution in [3.8, 4) is 0 Å². The highest BCUT2D eigenvalue weighted by Crippen LogP contribution is 2.25. The third kappa shape index (κ3) is 7.22. The second-order valence-electron chi connectivity index (χ2n) is 10.0. The van der Waals surface area contributed by atoms with Crippen molar-refractivity contribution in [2.24, 2.45) is 0 Å².